The van der Waals surface area contributed by atoms with Crippen molar-refractivity contribution in [1.82, 2.24) is 20.0 Å². The number of nitrogens with one attached hydrogen (secondary N) is 1. The van der Waals surface area contributed by atoms with Crippen molar-refractivity contribution < 1.29 is 17.9 Å². The molecule has 7 nitrogen and oxygen atoms in total. The molecule has 200 valence electrons. The largest absolute Gasteiger partial charge is 0.494 e. The number of hydrogen-bond acceptors (Lipinski definition) is 7. The Balaban J connectivity index is 1.54. The molecule has 0 amide bonds. The third-order valence-electron chi connectivity index (χ3n) is 6.34. The highest BCUT2D eigenvalue weighted by atomic mass is 19.1. The van der Waals surface area contributed by atoms with E-state index in [-0.39, 0.29) is 35.9 Å². The van der Waals surface area contributed by atoms with Gasteiger partial charge in [0.1, 0.15) is 28.9 Å². The first-order chi connectivity index (χ1) is 18.9. The van der Waals surface area contributed by atoms with Gasteiger partial charge in [0.2, 0.25) is 0 Å². The molecule has 39 heavy (non-hydrogen) atoms. The molecule has 2 aromatic heterocycles. The van der Waals surface area contributed by atoms with Gasteiger partial charge in [-0.1, -0.05) is 30.9 Å². The van der Waals surface area contributed by atoms with E-state index >= 15 is 0 Å². The number of ether oxygens (including phenoxy) is 1. The van der Waals surface area contributed by atoms with E-state index in [1.54, 1.807) is 19.1 Å². The molecule has 10 heteroatoms. The second-order valence-electron chi connectivity index (χ2n) is 9.06. The molecule has 0 atom stereocenters. The Kier molecular flexibility index (Phi) is 7.72. The fourth-order valence-corrected chi connectivity index (χ4v) is 4.46. The van der Waals surface area contributed by atoms with Gasteiger partial charge in [-0.3, -0.25) is 9.99 Å². The van der Waals surface area contributed by atoms with Crippen molar-refractivity contribution in [1.29, 1.82) is 0 Å². The zero-order valence-electron chi connectivity index (χ0n) is 21.4. The van der Waals surface area contributed by atoms with Crippen LogP contribution in [0.3, 0.4) is 0 Å². The maximum absolute atomic E-state index is 14.9. The number of hydrazone groups is 1. The first-order valence-corrected chi connectivity index (χ1v) is 12.7. The number of rotatable bonds is 7. The second-order valence-corrected chi connectivity index (χ2v) is 9.06. The predicted molar refractivity (Wildman–Crippen MR) is 143 cm³/mol. The molecule has 1 aliphatic heterocycles. The Morgan fingerprint density at radius 2 is 1.90 bits per heavy atom. The molecule has 0 saturated heterocycles. The number of nitrogens with zero attached hydrogens (tertiary/aromatic N) is 5. The number of allylic oxidation sites excluding steroid dienone is 4. The summed E-state index contributed by atoms with van der Waals surface area (Å²) in [6.45, 7) is 6.29. The molecule has 3 heterocycles. The number of hydrogen-bond donors (Lipinski definition) is 1. The minimum atomic E-state index is -0.726. The summed E-state index contributed by atoms with van der Waals surface area (Å²) in [5.74, 6) is -1.08. The van der Waals surface area contributed by atoms with Crippen molar-refractivity contribution in [2.75, 3.05) is 18.5 Å². The van der Waals surface area contributed by atoms with Crippen molar-refractivity contribution >= 4 is 17.2 Å². The number of fused-ring (bicyclic) bond motifs is 1. The van der Waals surface area contributed by atoms with E-state index in [0.29, 0.717) is 23.7 Å². The molecule has 0 radical (unpaired) electrons. The predicted octanol–water partition coefficient (Wildman–Crippen LogP) is 5.81. The highest BCUT2D eigenvalue weighted by molar-refractivity contribution is 6.11. The molecular weight excluding hydrogens is 505 g/mol. The van der Waals surface area contributed by atoms with Crippen molar-refractivity contribution in [3.8, 4) is 5.75 Å². The van der Waals surface area contributed by atoms with Crippen LogP contribution in [0.15, 0.2) is 72.2 Å². The fraction of sp³-hybridized carbons (Fsp3) is 0.241. The van der Waals surface area contributed by atoms with Gasteiger partial charge in [-0.15, -0.1) is 0 Å². The number of anilines is 2. The summed E-state index contributed by atoms with van der Waals surface area (Å²) in [4.78, 5) is 13.3. The lowest BCUT2D eigenvalue weighted by Crippen LogP contribution is -2.23. The maximum atomic E-state index is 14.9. The molecule has 1 aliphatic carbocycles. The van der Waals surface area contributed by atoms with Gasteiger partial charge in [-0.25, -0.2) is 23.1 Å². The number of benzene rings is 1. The Hall–Kier alpha value is -4.47. The highest BCUT2D eigenvalue weighted by Gasteiger charge is 2.24. The van der Waals surface area contributed by atoms with Crippen LogP contribution in [0.2, 0.25) is 0 Å². The first-order valence-electron chi connectivity index (χ1n) is 12.7. The third-order valence-corrected chi connectivity index (χ3v) is 6.34. The molecule has 5 rings (SSSR count). The van der Waals surface area contributed by atoms with Gasteiger partial charge >= 0.3 is 0 Å². The summed E-state index contributed by atoms with van der Waals surface area (Å²) in [6.07, 6.45) is 12.2. The van der Waals surface area contributed by atoms with Crippen LogP contribution in [0, 0.1) is 17.5 Å². The SMILES string of the molecule is C=C1/C=C\C=C/CN(Cc2c(F)cc(OCC)cc2F)/N=C\1c1nc2c(c(Nc3ccncc3F)n1)CCC2. The molecule has 3 aromatic rings. The summed E-state index contributed by atoms with van der Waals surface area (Å²) in [7, 11) is 0. The molecule has 2 aliphatic rings. The maximum Gasteiger partial charge on any atom is 0.182 e. The molecule has 1 N–H and O–H groups in total. The standard InChI is InChI=1S/C29H27F3N6O/c1-3-39-19-14-22(30)21(23(31)15-19)17-38-13-6-4-5-8-18(2)27(37-38)29-34-25-10-7-9-20(25)28(36-29)35-26-11-12-33-16-24(26)32/h4-6,8,11-12,14-16H,2-3,7,9-10,13,17H2,1H3,(H,33,34,35,36)/b6-4-,8-5-,37-27+. The van der Waals surface area contributed by atoms with Crippen molar-refractivity contribution in [3.05, 3.63) is 107 Å². The summed E-state index contributed by atoms with van der Waals surface area (Å²) in [6, 6.07) is 3.86. The second kappa shape index (κ2) is 11.5. The summed E-state index contributed by atoms with van der Waals surface area (Å²) < 4.78 is 49.4. The zero-order valence-corrected chi connectivity index (χ0v) is 21.4. The van der Waals surface area contributed by atoms with E-state index < -0.39 is 17.5 Å². The quantitative estimate of drug-likeness (QED) is 0.414. The van der Waals surface area contributed by atoms with Gasteiger partial charge in [0.05, 0.1) is 31.6 Å². The van der Waals surface area contributed by atoms with Gasteiger partial charge in [-0.2, -0.15) is 5.10 Å². The van der Waals surface area contributed by atoms with E-state index in [4.69, 9.17) is 19.8 Å². The monoisotopic (exact) mass is 532 g/mol. The van der Waals surface area contributed by atoms with Crippen LogP contribution in [-0.4, -0.2) is 38.8 Å². The molecule has 0 fully saturated rings. The van der Waals surface area contributed by atoms with Crippen LogP contribution >= 0.6 is 0 Å². The van der Waals surface area contributed by atoms with Gasteiger partial charge in [0.25, 0.3) is 0 Å². The van der Waals surface area contributed by atoms with Crippen LogP contribution < -0.4 is 10.1 Å². The van der Waals surface area contributed by atoms with Crippen LogP contribution in [-0.2, 0) is 19.4 Å². The number of pyridine rings is 1. The Morgan fingerprint density at radius 1 is 1.08 bits per heavy atom. The average molecular weight is 533 g/mol. The fourth-order valence-electron chi connectivity index (χ4n) is 4.46. The lowest BCUT2D eigenvalue weighted by molar-refractivity contribution is 0.297. The minimum absolute atomic E-state index is 0.125. The molecule has 0 unspecified atom stereocenters. The first kappa shape index (κ1) is 26.1. The number of halogens is 3. The highest BCUT2D eigenvalue weighted by Crippen LogP contribution is 2.30. The summed E-state index contributed by atoms with van der Waals surface area (Å²) in [5, 5.41) is 9.33. The third kappa shape index (κ3) is 5.84. The average Bonchev–Trinajstić information content (AvgIpc) is 3.41. The number of aryl methyl sites for hydroxylation is 1. The lowest BCUT2D eigenvalue weighted by atomic mass is 10.1. The molecule has 0 spiro atoms. The van der Waals surface area contributed by atoms with E-state index in [1.165, 1.54) is 29.4 Å². The lowest BCUT2D eigenvalue weighted by Gasteiger charge is -2.21. The molecule has 1 aromatic carbocycles. The molecule has 0 bridgehead atoms. The minimum Gasteiger partial charge on any atom is -0.494 e. The smallest absolute Gasteiger partial charge is 0.182 e. The van der Waals surface area contributed by atoms with Gasteiger partial charge in [0.15, 0.2) is 11.6 Å². The Labute approximate surface area is 224 Å². The summed E-state index contributed by atoms with van der Waals surface area (Å²) in [5.41, 5.74) is 2.71. The van der Waals surface area contributed by atoms with Crippen LogP contribution in [0.25, 0.3) is 0 Å². The van der Waals surface area contributed by atoms with E-state index in [0.717, 1.165) is 36.7 Å². The van der Waals surface area contributed by atoms with Crippen LogP contribution in [0.5, 0.6) is 5.75 Å². The molecule has 0 saturated carbocycles. The van der Waals surface area contributed by atoms with Crippen molar-refractivity contribution in [3.63, 3.8) is 0 Å². The number of aromatic nitrogens is 3. The Morgan fingerprint density at radius 3 is 2.67 bits per heavy atom. The van der Waals surface area contributed by atoms with Crippen molar-refractivity contribution in [2.24, 2.45) is 5.10 Å². The zero-order chi connectivity index (χ0) is 27.4. The topological polar surface area (TPSA) is 75.5 Å². The van der Waals surface area contributed by atoms with Crippen molar-refractivity contribution in [2.45, 2.75) is 32.7 Å². The van der Waals surface area contributed by atoms with Crippen LogP contribution in [0.4, 0.5) is 24.7 Å². The Bertz CT molecular complexity index is 1480. The van der Waals surface area contributed by atoms with Gasteiger partial charge in [0, 0.05) is 35.2 Å². The summed E-state index contributed by atoms with van der Waals surface area (Å²) >= 11 is 0. The van der Waals surface area contributed by atoms with Crippen LogP contribution in [0.1, 0.15) is 36.0 Å². The van der Waals surface area contributed by atoms with E-state index in [9.17, 15) is 13.2 Å². The van der Waals surface area contributed by atoms with Gasteiger partial charge in [-0.05, 0) is 37.8 Å². The molecular formula is C29H27F3N6O. The normalized spacial score (nSPS) is 17.9. The van der Waals surface area contributed by atoms with E-state index in [1.807, 2.05) is 12.2 Å². The van der Waals surface area contributed by atoms with E-state index in [2.05, 4.69) is 16.9 Å². The van der Waals surface area contributed by atoms with Gasteiger partial charge < -0.3 is 10.1 Å².